The molecular formula is C14H15F3N2O5. The number of carboxylic acids is 1. The summed E-state index contributed by atoms with van der Waals surface area (Å²) in [5.41, 5.74) is -4.70. The van der Waals surface area contributed by atoms with Crippen LogP contribution in [0.25, 0.3) is 0 Å². The number of alkyl halides is 3. The van der Waals surface area contributed by atoms with Crippen molar-refractivity contribution < 1.29 is 32.6 Å². The Bertz CT molecular complexity index is 715. The number of hydrogen-bond acceptors (Lipinski definition) is 4. The van der Waals surface area contributed by atoms with E-state index in [1.165, 1.54) is 7.11 Å². The van der Waals surface area contributed by atoms with Gasteiger partial charge in [0.25, 0.3) is 11.5 Å². The Balaban J connectivity index is 2.41. The van der Waals surface area contributed by atoms with Gasteiger partial charge in [0, 0.05) is 13.7 Å². The molecule has 2 N–H and O–H groups in total. The average Bonchev–Trinajstić information content (AvgIpc) is 2.91. The lowest BCUT2D eigenvalue weighted by atomic mass is 9.96. The predicted molar refractivity (Wildman–Crippen MR) is 74.6 cm³/mol. The molecule has 10 heteroatoms. The summed E-state index contributed by atoms with van der Waals surface area (Å²) < 4.78 is 42.6. The summed E-state index contributed by atoms with van der Waals surface area (Å²) >= 11 is 0. The van der Waals surface area contributed by atoms with Gasteiger partial charge in [-0.25, -0.2) is 4.79 Å². The maximum Gasteiger partial charge on any atom is 0.431 e. The third-order valence-corrected chi connectivity index (χ3v) is 3.96. The first kappa shape index (κ1) is 18.0. The maximum absolute atomic E-state index is 12.6. The summed E-state index contributed by atoms with van der Waals surface area (Å²) in [4.78, 5) is 38.6. The second-order valence-electron chi connectivity index (χ2n) is 5.44. The van der Waals surface area contributed by atoms with Crippen LogP contribution in [0.1, 0.15) is 28.9 Å². The molecular weight excluding hydrogens is 333 g/mol. The van der Waals surface area contributed by atoms with Gasteiger partial charge in [0.2, 0.25) is 0 Å². The number of aromatic amines is 1. The number of hydrogen-bond donors (Lipinski definition) is 2. The number of rotatable bonds is 4. The van der Waals surface area contributed by atoms with Gasteiger partial charge in [0.15, 0.2) is 5.54 Å². The molecule has 0 radical (unpaired) electrons. The zero-order chi connectivity index (χ0) is 18.1. The summed E-state index contributed by atoms with van der Waals surface area (Å²) in [5.74, 6) is -2.24. The molecule has 24 heavy (non-hydrogen) atoms. The highest BCUT2D eigenvalue weighted by Crippen LogP contribution is 2.32. The molecule has 1 aromatic heterocycles. The summed E-state index contributed by atoms with van der Waals surface area (Å²) in [5, 5.41) is 9.47. The minimum atomic E-state index is -4.75. The van der Waals surface area contributed by atoms with E-state index in [2.05, 4.69) is 0 Å². The van der Waals surface area contributed by atoms with Crippen LogP contribution >= 0.6 is 0 Å². The molecule has 2 rings (SSSR count). The SMILES string of the molecule is COCC1(C(=O)O)CCCN1C(=O)c1ccc(C(F)(F)F)[nH]c1=O. The quantitative estimate of drug-likeness (QED) is 0.849. The Hall–Kier alpha value is -2.36. The first-order valence-electron chi connectivity index (χ1n) is 6.98. The van der Waals surface area contributed by atoms with Crippen LogP contribution in [0.15, 0.2) is 16.9 Å². The lowest BCUT2D eigenvalue weighted by Crippen LogP contribution is -2.56. The minimum absolute atomic E-state index is 0.0644. The number of nitrogens with zero attached hydrogens (tertiary/aromatic N) is 1. The monoisotopic (exact) mass is 348 g/mol. The summed E-state index contributed by atoms with van der Waals surface area (Å²) in [7, 11) is 1.27. The van der Waals surface area contributed by atoms with Crippen molar-refractivity contribution in [2.45, 2.75) is 24.6 Å². The number of likely N-dealkylation sites (tertiary alicyclic amines) is 1. The van der Waals surface area contributed by atoms with Gasteiger partial charge in [0.05, 0.1) is 6.61 Å². The van der Waals surface area contributed by atoms with Crippen LogP contribution in [0.2, 0.25) is 0 Å². The normalized spacial score (nSPS) is 21.1. The van der Waals surface area contributed by atoms with Crippen LogP contribution < -0.4 is 5.56 Å². The number of aliphatic carboxylic acids is 1. The number of aromatic nitrogens is 1. The number of halogens is 3. The lowest BCUT2D eigenvalue weighted by molar-refractivity contribution is -0.151. The Labute approximate surface area is 134 Å². The molecule has 1 atom stereocenters. The van der Waals surface area contributed by atoms with Crippen LogP contribution in [0.5, 0.6) is 0 Å². The molecule has 1 aliphatic heterocycles. The number of H-pyrrole nitrogens is 1. The van der Waals surface area contributed by atoms with Crippen molar-refractivity contribution in [3.8, 4) is 0 Å². The average molecular weight is 348 g/mol. The summed E-state index contributed by atoms with van der Waals surface area (Å²) in [6.45, 7) is -0.221. The first-order valence-corrected chi connectivity index (χ1v) is 6.98. The van der Waals surface area contributed by atoms with Crippen molar-refractivity contribution in [1.29, 1.82) is 0 Å². The number of carbonyl (C=O) groups is 2. The minimum Gasteiger partial charge on any atom is -0.479 e. The van der Waals surface area contributed by atoms with Gasteiger partial charge in [-0.05, 0) is 25.0 Å². The second kappa shape index (κ2) is 6.27. The van der Waals surface area contributed by atoms with Crippen LogP contribution in [-0.4, -0.2) is 52.7 Å². The molecule has 1 aliphatic rings. The van der Waals surface area contributed by atoms with E-state index in [0.29, 0.717) is 12.5 Å². The van der Waals surface area contributed by atoms with Crippen molar-refractivity contribution in [1.82, 2.24) is 9.88 Å². The largest absolute Gasteiger partial charge is 0.479 e. The van der Waals surface area contributed by atoms with Gasteiger partial charge in [-0.3, -0.25) is 9.59 Å². The van der Waals surface area contributed by atoms with E-state index in [0.717, 1.165) is 11.0 Å². The van der Waals surface area contributed by atoms with Gasteiger partial charge >= 0.3 is 12.1 Å². The molecule has 0 bridgehead atoms. The van der Waals surface area contributed by atoms with E-state index < -0.39 is 40.4 Å². The zero-order valence-electron chi connectivity index (χ0n) is 12.6. The fourth-order valence-corrected chi connectivity index (χ4v) is 2.80. The molecule has 1 unspecified atom stereocenters. The Morgan fingerprint density at radius 2 is 2.08 bits per heavy atom. The van der Waals surface area contributed by atoms with Crippen molar-refractivity contribution in [2.24, 2.45) is 0 Å². The van der Waals surface area contributed by atoms with E-state index >= 15 is 0 Å². The van der Waals surface area contributed by atoms with Gasteiger partial charge in [-0.15, -0.1) is 0 Å². The van der Waals surface area contributed by atoms with E-state index in [9.17, 15) is 32.7 Å². The van der Waals surface area contributed by atoms with Crippen LogP contribution in [0, 0.1) is 0 Å². The molecule has 0 aliphatic carbocycles. The van der Waals surface area contributed by atoms with Crippen molar-refractivity contribution in [2.75, 3.05) is 20.3 Å². The number of carboxylic acid groups (broad SMARTS) is 1. The van der Waals surface area contributed by atoms with Gasteiger partial charge < -0.3 is 19.7 Å². The van der Waals surface area contributed by atoms with Gasteiger partial charge in [-0.2, -0.15) is 13.2 Å². The lowest BCUT2D eigenvalue weighted by Gasteiger charge is -2.33. The molecule has 0 saturated carbocycles. The molecule has 1 fully saturated rings. The number of pyridine rings is 1. The van der Waals surface area contributed by atoms with Crippen molar-refractivity contribution >= 4 is 11.9 Å². The highest BCUT2D eigenvalue weighted by molar-refractivity contribution is 5.98. The summed E-state index contributed by atoms with van der Waals surface area (Å²) in [6.07, 6.45) is -4.25. The highest BCUT2D eigenvalue weighted by Gasteiger charge is 2.50. The third kappa shape index (κ3) is 3.01. The molecule has 1 amide bonds. The molecule has 7 nitrogen and oxygen atoms in total. The molecule has 0 spiro atoms. The molecule has 0 aromatic carbocycles. The third-order valence-electron chi connectivity index (χ3n) is 3.96. The number of amides is 1. The van der Waals surface area contributed by atoms with Gasteiger partial charge in [-0.1, -0.05) is 0 Å². The molecule has 1 aromatic rings. The Morgan fingerprint density at radius 3 is 2.58 bits per heavy atom. The fourth-order valence-electron chi connectivity index (χ4n) is 2.80. The zero-order valence-corrected chi connectivity index (χ0v) is 12.6. The maximum atomic E-state index is 12.6. The summed E-state index contributed by atoms with van der Waals surface area (Å²) in [6, 6.07) is 1.32. The molecule has 132 valence electrons. The van der Waals surface area contributed by atoms with E-state index in [1.54, 1.807) is 4.98 Å². The number of ether oxygens (including phenoxy) is 1. The number of carbonyl (C=O) groups excluding carboxylic acids is 1. The van der Waals surface area contributed by atoms with Gasteiger partial charge in [0.1, 0.15) is 11.3 Å². The Morgan fingerprint density at radius 1 is 1.42 bits per heavy atom. The topological polar surface area (TPSA) is 99.7 Å². The van der Waals surface area contributed by atoms with E-state index in [1.807, 2.05) is 0 Å². The molecule has 1 saturated heterocycles. The van der Waals surface area contributed by atoms with Crippen LogP contribution in [0.4, 0.5) is 13.2 Å². The smallest absolute Gasteiger partial charge is 0.431 e. The fraction of sp³-hybridized carbons (Fsp3) is 0.500. The van der Waals surface area contributed by atoms with Crippen molar-refractivity contribution in [3.63, 3.8) is 0 Å². The second-order valence-corrected chi connectivity index (χ2v) is 5.44. The highest BCUT2D eigenvalue weighted by atomic mass is 19.4. The van der Waals surface area contributed by atoms with Crippen LogP contribution in [0.3, 0.4) is 0 Å². The number of nitrogens with one attached hydrogen (secondary N) is 1. The van der Waals surface area contributed by atoms with E-state index in [4.69, 9.17) is 4.74 Å². The Kier molecular flexibility index (Phi) is 4.70. The van der Waals surface area contributed by atoms with Crippen molar-refractivity contribution in [3.05, 3.63) is 33.7 Å². The standard InChI is InChI=1S/C14H15F3N2O5/c1-24-7-13(12(22)23)5-2-6-19(13)11(21)8-3-4-9(14(15,16)17)18-10(8)20/h3-4H,2,5-7H2,1H3,(H,18,20)(H,22,23). The number of methoxy groups -OCH3 is 1. The van der Waals surface area contributed by atoms with E-state index in [-0.39, 0.29) is 19.6 Å². The molecule has 2 heterocycles. The predicted octanol–water partition coefficient (Wildman–Crippen LogP) is 1.10. The van der Waals surface area contributed by atoms with Crippen LogP contribution in [-0.2, 0) is 15.7 Å². The first-order chi connectivity index (χ1) is 11.1.